The summed E-state index contributed by atoms with van der Waals surface area (Å²) in [6.45, 7) is 7.50. The third kappa shape index (κ3) is 4.75. The van der Waals surface area contributed by atoms with E-state index in [9.17, 15) is 4.79 Å². The maximum Gasteiger partial charge on any atom is 0.266 e. The molecule has 6 heteroatoms. The molecule has 3 rings (SSSR count). The number of aryl methyl sites for hydroxylation is 1. The molecule has 0 N–H and O–H groups in total. The fraction of sp³-hybridized carbons (Fsp3) is 0.273. The Morgan fingerprint density at radius 2 is 1.71 bits per heavy atom. The normalized spacial score (nSPS) is 15.4. The fourth-order valence-electron chi connectivity index (χ4n) is 2.82. The van der Waals surface area contributed by atoms with E-state index < -0.39 is 0 Å². The number of amides is 1. The van der Waals surface area contributed by atoms with Gasteiger partial charge in [-0.1, -0.05) is 59.9 Å². The van der Waals surface area contributed by atoms with Crippen LogP contribution in [0.25, 0.3) is 6.08 Å². The molecule has 0 aliphatic carbocycles. The summed E-state index contributed by atoms with van der Waals surface area (Å²) < 4.78 is 11.8. The summed E-state index contributed by atoms with van der Waals surface area (Å²) in [5.74, 6) is 1.31. The number of nitrogens with zero attached hydrogens (tertiary/aromatic N) is 1. The zero-order chi connectivity index (χ0) is 20.1. The molecule has 1 heterocycles. The lowest BCUT2D eigenvalue weighted by Crippen LogP contribution is -2.27. The first-order valence-electron chi connectivity index (χ1n) is 9.22. The number of thioether (sulfide) groups is 1. The molecule has 0 bridgehead atoms. The van der Waals surface area contributed by atoms with Gasteiger partial charge in [-0.25, -0.2) is 0 Å². The number of carbonyl (C=O) groups excluding carboxylic acids is 1. The van der Waals surface area contributed by atoms with Gasteiger partial charge in [-0.05, 0) is 50.1 Å². The molecule has 1 aliphatic rings. The largest absolute Gasteiger partial charge is 0.490 e. The molecule has 28 heavy (non-hydrogen) atoms. The Kier molecular flexibility index (Phi) is 6.75. The maximum absolute atomic E-state index is 12.9. The first-order valence-corrected chi connectivity index (χ1v) is 10.4. The Bertz CT molecular complexity index is 906. The van der Waals surface area contributed by atoms with Crippen molar-refractivity contribution in [1.82, 2.24) is 4.90 Å². The van der Waals surface area contributed by atoms with Gasteiger partial charge in [0.05, 0.1) is 24.7 Å². The van der Waals surface area contributed by atoms with Crippen LogP contribution in [-0.4, -0.2) is 28.3 Å². The number of thiocarbonyl (C=S) groups is 1. The van der Waals surface area contributed by atoms with Crippen molar-refractivity contribution in [2.24, 2.45) is 0 Å². The van der Waals surface area contributed by atoms with Gasteiger partial charge in [0.25, 0.3) is 5.91 Å². The van der Waals surface area contributed by atoms with E-state index in [0.29, 0.717) is 40.5 Å². The lowest BCUT2D eigenvalue weighted by molar-refractivity contribution is -0.122. The van der Waals surface area contributed by atoms with E-state index >= 15 is 0 Å². The standard InChI is InChI=1S/C22H23NO3S2/c1-4-25-18-11-10-17(12-19(18)26-5-2)13-20-21(24)23(22(27)28-20)14-16-8-6-15(3)7-9-16/h6-13H,4-5,14H2,1-3H3. The van der Waals surface area contributed by atoms with Crippen molar-refractivity contribution in [2.45, 2.75) is 27.3 Å². The molecule has 4 nitrogen and oxygen atoms in total. The van der Waals surface area contributed by atoms with Crippen molar-refractivity contribution in [3.05, 3.63) is 64.1 Å². The summed E-state index contributed by atoms with van der Waals surface area (Å²) >= 11 is 6.77. The Morgan fingerprint density at radius 1 is 1.04 bits per heavy atom. The summed E-state index contributed by atoms with van der Waals surface area (Å²) in [5, 5.41) is 0. The van der Waals surface area contributed by atoms with Crippen LogP contribution in [0.2, 0.25) is 0 Å². The van der Waals surface area contributed by atoms with Gasteiger partial charge in [0.1, 0.15) is 4.32 Å². The Labute approximate surface area is 175 Å². The van der Waals surface area contributed by atoms with Crippen molar-refractivity contribution in [2.75, 3.05) is 13.2 Å². The maximum atomic E-state index is 12.9. The van der Waals surface area contributed by atoms with Gasteiger partial charge < -0.3 is 9.47 Å². The molecular weight excluding hydrogens is 390 g/mol. The van der Waals surface area contributed by atoms with Crippen LogP contribution in [0.3, 0.4) is 0 Å². The van der Waals surface area contributed by atoms with Crippen LogP contribution in [0, 0.1) is 6.92 Å². The van der Waals surface area contributed by atoms with Gasteiger partial charge in [0, 0.05) is 0 Å². The first kappa shape index (κ1) is 20.4. The molecule has 0 atom stereocenters. The Balaban J connectivity index is 1.81. The summed E-state index contributed by atoms with van der Waals surface area (Å²) in [7, 11) is 0. The van der Waals surface area contributed by atoms with Gasteiger partial charge in [-0.15, -0.1) is 0 Å². The summed E-state index contributed by atoms with van der Waals surface area (Å²) in [4.78, 5) is 15.1. The summed E-state index contributed by atoms with van der Waals surface area (Å²) in [6, 6.07) is 13.8. The van der Waals surface area contributed by atoms with Gasteiger partial charge in [-0.2, -0.15) is 0 Å². The van der Waals surface area contributed by atoms with E-state index in [4.69, 9.17) is 21.7 Å². The van der Waals surface area contributed by atoms with Crippen LogP contribution in [0.5, 0.6) is 11.5 Å². The number of hydrogen-bond acceptors (Lipinski definition) is 5. The second-order valence-electron chi connectivity index (χ2n) is 6.33. The highest BCUT2D eigenvalue weighted by atomic mass is 32.2. The van der Waals surface area contributed by atoms with E-state index in [1.165, 1.54) is 17.3 Å². The average Bonchev–Trinajstić information content (AvgIpc) is 2.93. The third-order valence-corrected chi connectivity index (χ3v) is 5.58. The summed E-state index contributed by atoms with van der Waals surface area (Å²) in [5.41, 5.74) is 3.13. The van der Waals surface area contributed by atoms with Crippen LogP contribution >= 0.6 is 24.0 Å². The van der Waals surface area contributed by atoms with Crippen molar-refractivity contribution in [3.8, 4) is 11.5 Å². The molecule has 0 spiro atoms. The predicted octanol–water partition coefficient (Wildman–Crippen LogP) is 5.19. The second kappa shape index (κ2) is 9.26. The Morgan fingerprint density at radius 3 is 2.39 bits per heavy atom. The van der Waals surface area contributed by atoms with Crippen molar-refractivity contribution < 1.29 is 14.3 Å². The van der Waals surface area contributed by atoms with Gasteiger partial charge in [-0.3, -0.25) is 9.69 Å². The molecular formula is C22H23NO3S2. The van der Waals surface area contributed by atoms with E-state index in [-0.39, 0.29) is 5.91 Å². The quantitative estimate of drug-likeness (QED) is 0.461. The highest BCUT2D eigenvalue weighted by Crippen LogP contribution is 2.35. The molecule has 0 aromatic heterocycles. The van der Waals surface area contributed by atoms with Gasteiger partial charge >= 0.3 is 0 Å². The lowest BCUT2D eigenvalue weighted by atomic mass is 10.1. The molecule has 0 radical (unpaired) electrons. The minimum Gasteiger partial charge on any atom is -0.490 e. The number of hydrogen-bond donors (Lipinski definition) is 0. The van der Waals surface area contributed by atoms with E-state index in [1.807, 2.05) is 69.3 Å². The van der Waals surface area contributed by atoms with Crippen molar-refractivity contribution in [3.63, 3.8) is 0 Å². The molecule has 2 aromatic carbocycles. The Hall–Kier alpha value is -2.31. The molecule has 1 fully saturated rings. The van der Waals surface area contributed by atoms with E-state index in [2.05, 4.69) is 0 Å². The smallest absolute Gasteiger partial charge is 0.266 e. The minimum absolute atomic E-state index is 0.0672. The fourth-order valence-corrected chi connectivity index (χ4v) is 4.08. The zero-order valence-corrected chi connectivity index (χ0v) is 17.9. The molecule has 0 saturated carbocycles. The van der Waals surface area contributed by atoms with E-state index in [0.717, 1.165) is 11.1 Å². The summed E-state index contributed by atoms with van der Waals surface area (Å²) in [6.07, 6.45) is 1.85. The van der Waals surface area contributed by atoms with Crippen LogP contribution < -0.4 is 9.47 Å². The zero-order valence-electron chi connectivity index (χ0n) is 16.2. The molecule has 1 saturated heterocycles. The predicted molar refractivity (Wildman–Crippen MR) is 119 cm³/mol. The van der Waals surface area contributed by atoms with Crippen LogP contribution in [0.1, 0.15) is 30.5 Å². The highest BCUT2D eigenvalue weighted by molar-refractivity contribution is 8.26. The van der Waals surface area contributed by atoms with Crippen molar-refractivity contribution in [1.29, 1.82) is 0 Å². The van der Waals surface area contributed by atoms with E-state index in [1.54, 1.807) is 4.90 Å². The average molecular weight is 414 g/mol. The number of ether oxygens (including phenoxy) is 2. The number of rotatable bonds is 7. The topological polar surface area (TPSA) is 38.8 Å². The van der Waals surface area contributed by atoms with Crippen LogP contribution in [0.15, 0.2) is 47.4 Å². The minimum atomic E-state index is -0.0672. The second-order valence-corrected chi connectivity index (χ2v) is 8.00. The third-order valence-electron chi connectivity index (χ3n) is 4.20. The van der Waals surface area contributed by atoms with Gasteiger partial charge in [0.2, 0.25) is 0 Å². The van der Waals surface area contributed by atoms with Crippen LogP contribution in [0.4, 0.5) is 0 Å². The van der Waals surface area contributed by atoms with Crippen LogP contribution in [-0.2, 0) is 11.3 Å². The number of carbonyl (C=O) groups is 1. The highest BCUT2D eigenvalue weighted by Gasteiger charge is 2.32. The molecule has 2 aromatic rings. The van der Waals surface area contributed by atoms with Gasteiger partial charge in [0.15, 0.2) is 11.5 Å². The van der Waals surface area contributed by atoms with Crippen molar-refractivity contribution >= 4 is 40.3 Å². The number of benzene rings is 2. The molecule has 1 amide bonds. The molecule has 1 aliphatic heterocycles. The molecule has 146 valence electrons. The first-order chi connectivity index (χ1) is 13.5. The SMILES string of the molecule is CCOc1ccc(C=C2SC(=S)N(Cc3ccc(C)cc3)C2=O)cc1OCC. The molecule has 0 unspecified atom stereocenters. The monoisotopic (exact) mass is 413 g/mol. The lowest BCUT2D eigenvalue weighted by Gasteiger charge is -2.14.